The molecule has 0 atom stereocenters. The maximum Gasteiger partial charge on any atom is 0.115 e. The first kappa shape index (κ1) is 7.75. The van der Waals surface area contributed by atoms with Crippen LogP contribution in [0.2, 0.25) is 5.02 Å². The van der Waals surface area contributed by atoms with E-state index < -0.39 is 0 Å². The molecule has 1 nitrogen and oxygen atoms in total. The zero-order valence-electron chi connectivity index (χ0n) is 4.24. The number of aromatic nitrogens is 1. The van der Waals surface area contributed by atoms with E-state index in [0.717, 1.165) is 8.17 Å². The van der Waals surface area contributed by atoms with Crippen LogP contribution in [0, 0.1) is 3.70 Å². The summed E-state index contributed by atoms with van der Waals surface area (Å²) in [5.41, 5.74) is 0. The number of rotatable bonds is 0. The third-order valence-electron chi connectivity index (χ3n) is 0.763. The second-order valence-corrected chi connectivity index (χ2v) is 3.74. The molecule has 0 aliphatic carbocycles. The molecule has 0 spiro atoms. The van der Waals surface area contributed by atoms with Gasteiger partial charge in [0.25, 0.3) is 0 Å². The van der Waals surface area contributed by atoms with Crippen LogP contribution in [-0.4, -0.2) is 4.98 Å². The topological polar surface area (TPSA) is 12.9 Å². The Morgan fingerprint density at radius 3 is 2.78 bits per heavy atom. The second kappa shape index (κ2) is 3.16. The van der Waals surface area contributed by atoms with E-state index in [0.29, 0.717) is 5.02 Å². The zero-order valence-corrected chi connectivity index (χ0v) is 8.74. The molecule has 0 fully saturated rings. The predicted molar refractivity (Wildman–Crippen MR) is 49.7 cm³/mol. The van der Waals surface area contributed by atoms with E-state index >= 15 is 0 Å². The lowest BCUT2D eigenvalue weighted by Gasteiger charge is -1.92. The standard InChI is InChI=1S/C5H2BrClIN/c6-4-1-3(7)2-9-5(4)8/h1-2H. The Balaban J connectivity index is 3.17. The van der Waals surface area contributed by atoms with Crippen molar-refractivity contribution in [2.75, 3.05) is 0 Å². The molecule has 1 aromatic rings. The quantitative estimate of drug-likeness (QED) is 0.529. The molecule has 48 valence electrons. The maximum atomic E-state index is 5.62. The average molecular weight is 318 g/mol. The van der Waals surface area contributed by atoms with Crippen LogP contribution in [0.4, 0.5) is 0 Å². The van der Waals surface area contributed by atoms with E-state index in [9.17, 15) is 0 Å². The van der Waals surface area contributed by atoms with Gasteiger partial charge in [-0.05, 0) is 44.6 Å². The Morgan fingerprint density at radius 1 is 1.67 bits per heavy atom. The molecule has 9 heavy (non-hydrogen) atoms. The molecule has 0 bridgehead atoms. The summed E-state index contributed by atoms with van der Waals surface area (Å²) in [6.07, 6.45) is 1.62. The Bertz CT molecular complexity index is 228. The van der Waals surface area contributed by atoms with Crippen LogP contribution < -0.4 is 0 Å². The maximum absolute atomic E-state index is 5.62. The minimum Gasteiger partial charge on any atom is -0.248 e. The molecule has 0 aliphatic rings. The molecule has 0 aliphatic heterocycles. The van der Waals surface area contributed by atoms with Gasteiger partial charge in [-0.1, -0.05) is 11.6 Å². The van der Waals surface area contributed by atoms with Crippen molar-refractivity contribution in [3.8, 4) is 0 Å². The first-order valence-electron chi connectivity index (χ1n) is 2.16. The largest absolute Gasteiger partial charge is 0.248 e. The van der Waals surface area contributed by atoms with E-state index in [2.05, 4.69) is 43.5 Å². The van der Waals surface area contributed by atoms with Gasteiger partial charge in [-0.15, -0.1) is 0 Å². The van der Waals surface area contributed by atoms with Crippen molar-refractivity contribution in [2.45, 2.75) is 0 Å². The SMILES string of the molecule is Clc1cnc(I)c(Br)c1. The van der Waals surface area contributed by atoms with Crippen molar-refractivity contribution in [1.82, 2.24) is 4.98 Å². The molecule has 4 heteroatoms. The lowest BCUT2D eigenvalue weighted by Crippen LogP contribution is -1.79. The lowest BCUT2D eigenvalue weighted by atomic mass is 10.5. The summed E-state index contributed by atoms with van der Waals surface area (Å²) in [5, 5.41) is 0.655. The Morgan fingerprint density at radius 2 is 2.33 bits per heavy atom. The summed E-state index contributed by atoms with van der Waals surface area (Å²) >= 11 is 11.0. The number of hydrogen-bond acceptors (Lipinski definition) is 1. The van der Waals surface area contributed by atoms with Crippen LogP contribution in [0.3, 0.4) is 0 Å². The minimum atomic E-state index is 0.655. The molecule has 0 saturated carbocycles. The van der Waals surface area contributed by atoms with Crippen LogP contribution in [-0.2, 0) is 0 Å². The molecule has 0 saturated heterocycles. The molecule has 1 aromatic heterocycles. The number of pyridine rings is 1. The smallest absolute Gasteiger partial charge is 0.115 e. The molecule has 0 unspecified atom stereocenters. The van der Waals surface area contributed by atoms with Gasteiger partial charge in [0.15, 0.2) is 0 Å². The summed E-state index contributed by atoms with van der Waals surface area (Å²) in [6.45, 7) is 0. The van der Waals surface area contributed by atoms with Gasteiger partial charge < -0.3 is 0 Å². The minimum absolute atomic E-state index is 0.655. The summed E-state index contributed by atoms with van der Waals surface area (Å²) in [4.78, 5) is 3.99. The summed E-state index contributed by atoms with van der Waals surface area (Å²) in [7, 11) is 0. The van der Waals surface area contributed by atoms with Gasteiger partial charge in [0.1, 0.15) is 3.70 Å². The van der Waals surface area contributed by atoms with Crippen molar-refractivity contribution in [2.24, 2.45) is 0 Å². The second-order valence-electron chi connectivity index (χ2n) is 1.43. The molecule has 0 radical (unpaired) electrons. The van der Waals surface area contributed by atoms with Gasteiger partial charge in [-0.2, -0.15) is 0 Å². The van der Waals surface area contributed by atoms with Crippen LogP contribution in [0.1, 0.15) is 0 Å². The fraction of sp³-hybridized carbons (Fsp3) is 0. The molecule has 1 rings (SSSR count). The van der Waals surface area contributed by atoms with Gasteiger partial charge in [0, 0.05) is 6.20 Å². The van der Waals surface area contributed by atoms with Gasteiger partial charge in [0.05, 0.1) is 9.50 Å². The summed E-state index contributed by atoms with van der Waals surface area (Å²) in [6, 6.07) is 1.82. The molecular weight excluding hydrogens is 316 g/mol. The van der Waals surface area contributed by atoms with Gasteiger partial charge in [-0.3, -0.25) is 0 Å². The normalized spacial score (nSPS) is 9.67. The highest BCUT2D eigenvalue weighted by molar-refractivity contribution is 14.1. The Labute approximate surface area is 80.1 Å². The fourth-order valence-corrected chi connectivity index (χ4v) is 1.33. The summed E-state index contributed by atoms with van der Waals surface area (Å²) < 4.78 is 1.87. The monoisotopic (exact) mass is 317 g/mol. The highest BCUT2D eigenvalue weighted by atomic mass is 127. The van der Waals surface area contributed by atoms with Crippen molar-refractivity contribution in [3.05, 3.63) is 25.5 Å². The lowest BCUT2D eigenvalue weighted by molar-refractivity contribution is 1.25. The molecule has 0 amide bonds. The van der Waals surface area contributed by atoms with Crippen molar-refractivity contribution in [3.63, 3.8) is 0 Å². The van der Waals surface area contributed by atoms with Crippen molar-refractivity contribution < 1.29 is 0 Å². The van der Waals surface area contributed by atoms with E-state index in [4.69, 9.17) is 11.6 Å². The fourth-order valence-electron chi connectivity index (χ4n) is 0.398. The summed E-state index contributed by atoms with van der Waals surface area (Å²) in [5.74, 6) is 0. The molecule has 0 aromatic carbocycles. The number of halogens is 3. The highest BCUT2D eigenvalue weighted by Crippen LogP contribution is 2.19. The third kappa shape index (κ3) is 2.05. The average Bonchev–Trinajstić information content (AvgIpc) is 1.80. The van der Waals surface area contributed by atoms with E-state index in [-0.39, 0.29) is 0 Å². The van der Waals surface area contributed by atoms with Gasteiger partial charge >= 0.3 is 0 Å². The number of nitrogens with zero attached hydrogens (tertiary/aromatic N) is 1. The zero-order chi connectivity index (χ0) is 6.85. The Hall–Kier alpha value is 0.650. The first-order chi connectivity index (χ1) is 4.20. The molecule has 0 N–H and O–H groups in total. The Kier molecular flexibility index (Phi) is 2.73. The van der Waals surface area contributed by atoms with Crippen LogP contribution >= 0.6 is 50.1 Å². The van der Waals surface area contributed by atoms with Gasteiger partial charge in [0.2, 0.25) is 0 Å². The predicted octanol–water partition coefficient (Wildman–Crippen LogP) is 3.10. The highest BCUT2D eigenvalue weighted by Gasteiger charge is 1.95. The van der Waals surface area contributed by atoms with Crippen LogP contribution in [0.5, 0.6) is 0 Å². The van der Waals surface area contributed by atoms with Crippen molar-refractivity contribution >= 4 is 50.1 Å². The first-order valence-corrected chi connectivity index (χ1v) is 4.41. The van der Waals surface area contributed by atoms with Crippen molar-refractivity contribution in [1.29, 1.82) is 0 Å². The third-order valence-corrected chi connectivity index (χ3v) is 3.17. The molecular formula is C5H2BrClIN. The number of hydrogen-bond donors (Lipinski definition) is 0. The van der Waals surface area contributed by atoms with Crippen LogP contribution in [0.25, 0.3) is 0 Å². The van der Waals surface area contributed by atoms with E-state index in [1.807, 2.05) is 6.07 Å². The van der Waals surface area contributed by atoms with E-state index in [1.54, 1.807) is 6.20 Å². The van der Waals surface area contributed by atoms with Gasteiger partial charge in [-0.25, -0.2) is 4.98 Å². The van der Waals surface area contributed by atoms with E-state index in [1.165, 1.54) is 0 Å². The van der Waals surface area contributed by atoms with Crippen LogP contribution in [0.15, 0.2) is 16.7 Å². The molecule has 1 heterocycles.